The SMILES string of the molecule is COc1ccc2cc(-c3cccc4[nH]cc(C)c34)ccc2c1. The highest BCUT2D eigenvalue weighted by molar-refractivity contribution is 5.99. The van der Waals surface area contributed by atoms with Crippen LogP contribution in [0.2, 0.25) is 0 Å². The van der Waals surface area contributed by atoms with Gasteiger partial charge in [-0.2, -0.15) is 0 Å². The first kappa shape index (κ1) is 13.0. The minimum atomic E-state index is 0.892. The van der Waals surface area contributed by atoms with Gasteiger partial charge in [0, 0.05) is 17.1 Å². The highest BCUT2D eigenvalue weighted by atomic mass is 16.5. The van der Waals surface area contributed by atoms with E-state index in [1.54, 1.807) is 7.11 Å². The largest absolute Gasteiger partial charge is 0.497 e. The zero-order valence-corrected chi connectivity index (χ0v) is 12.7. The summed E-state index contributed by atoms with van der Waals surface area (Å²) in [5.74, 6) is 0.892. The first-order valence-corrected chi connectivity index (χ1v) is 7.41. The zero-order chi connectivity index (χ0) is 15.1. The quantitative estimate of drug-likeness (QED) is 0.531. The second kappa shape index (κ2) is 4.92. The third-order valence-corrected chi connectivity index (χ3v) is 4.26. The van der Waals surface area contributed by atoms with Crippen LogP contribution in [0.4, 0.5) is 0 Å². The normalized spacial score (nSPS) is 11.2. The van der Waals surface area contributed by atoms with Crippen molar-refractivity contribution < 1.29 is 4.74 Å². The van der Waals surface area contributed by atoms with E-state index in [0.717, 1.165) is 5.75 Å². The lowest BCUT2D eigenvalue weighted by Crippen LogP contribution is -1.84. The summed E-state index contributed by atoms with van der Waals surface area (Å²) in [6.07, 6.45) is 2.07. The lowest BCUT2D eigenvalue weighted by Gasteiger charge is -2.08. The van der Waals surface area contributed by atoms with E-state index in [9.17, 15) is 0 Å². The van der Waals surface area contributed by atoms with Crippen LogP contribution in [0.5, 0.6) is 5.75 Å². The zero-order valence-electron chi connectivity index (χ0n) is 12.7. The van der Waals surface area contributed by atoms with Crippen molar-refractivity contribution in [1.82, 2.24) is 4.98 Å². The fraction of sp³-hybridized carbons (Fsp3) is 0.100. The average Bonchev–Trinajstić information content (AvgIpc) is 2.95. The van der Waals surface area contributed by atoms with E-state index in [0.29, 0.717) is 0 Å². The van der Waals surface area contributed by atoms with Crippen LogP contribution in [-0.2, 0) is 0 Å². The predicted octanol–water partition coefficient (Wildman–Crippen LogP) is 5.31. The lowest BCUT2D eigenvalue weighted by atomic mass is 9.97. The van der Waals surface area contributed by atoms with Crippen LogP contribution >= 0.6 is 0 Å². The minimum Gasteiger partial charge on any atom is -0.497 e. The Balaban J connectivity index is 1.94. The van der Waals surface area contributed by atoms with E-state index in [1.165, 1.54) is 38.4 Å². The van der Waals surface area contributed by atoms with Gasteiger partial charge in [0.25, 0.3) is 0 Å². The fourth-order valence-electron chi connectivity index (χ4n) is 3.11. The first-order valence-electron chi connectivity index (χ1n) is 7.41. The summed E-state index contributed by atoms with van der Waals surface area (Å²) in [5, 5.41) is 3.72. The van der Waals surface area contributed by atoms with Crippen molar-refractivity contribution in [2.45, 2.75) is 6.92 Å². The molecule has 0 unspecified atom stereocenters. The third-order valence-electron chi connectivity index (χ3n) is 4.26. The number of aromatic nitrogens is 1. The Hall–Kier alpha value is -2.74. The molecule has 0 aliphatic heterocycles. The number of benzene rings is 3. The van der Waals surface area contributed by atoms with Gasteiger partial charge in [0.2, 0.25) is 0 Å². The number of nitrogens with one attached hydrogen (secondary N) is 1. The molecule has 22 heavy (non-hydrogen) atoms. The maximum atomic E-state index is 5.30. The van der Waals surface area contributed by atoms with Crippen LogP contribution in [0.25, 0.3) is 32.8 Å². The van der Waals surface area contributed by atoms with Gasteiger partial charge < -0.3 is 9.72 Å². The van der Waals surface area contributed by atoms with E-state index in [4.69, 9.17) is 4.74 Å². The van der Waals surface area contributed by atoms with Crippen LogP contribution < -0.4 is 4.74 Å². The molecule has 1 N–H and O–H groups in total. The fourth-order valence-corrected chi connectivity index (χ4v) is 3.11. The molecule has 4 aromatic rings. The van der Waals surface area contributed by atoms with E-state index < -0.39 is 0 Å². The van der Waals surface area contributed by atoms with E-state index in [2.05, 4.69) is 66.6 Å². The number of hydrogen-bond acceptors (Lipinski definition) is 1. The summed E-state index contributed by atoms with van der Waals surface area (Å²) in [5.41, 5.74) is 4.98. The third kappa shape index (κ3) is 1.96. The van der Waals surface area contributed by atoms with Gasteiger partial charge in [-0.15, -0.1) is 0 Å². The Bertz CT molecular complexity index is 982. The van der Waals surface area contributed by atoms with E-state index >= 15 is 0 Å². The average molecular weight is 287 g/mol. The van der Waals surface area contributed by atoms with Gasteiger partial charge in [-0.25, -0.2) is 0 Å². The molecule has 0 aliphatic rings. The number of ether oxygens (including phenoxy) is 1. The summed E-state index contributed by atoms with van der Waals surface area (Å²) in [4.78, 5) is 3.33. The van der Waals surface area contributed by atoms with Gasteiger partial charge in [-0.1, -0.05) is 30.3 Å². The number of hydrogen-bond donors (Lipinski definition) is 1. The molecule has 108 valence electrons. The maximum absolute atomic E-state index is 5.30. The number of methoxy groups -OCH3 is 1. The lowest BCUT2D eigenvalue weighted by molar-refractivity contribution is 0.415. The molecule has 0 radical (unpaired) electrons. The van der Waals surface area contributed by atoms with Crippen LogP contribution in [0, 0.1) is 6.92 Å². The number of rotatable bonds is 2. The standard InChI is InChI=1S/C20H17NO/c1-13-12-21-19-5-3-4-18(20(13)19)16-7-6-15-11-17(22-2)9-8-14(15)10-16/h3-12,21H,1-2H3. The van der Waals surface area contributed by atoms with Crippen LogP contribution in [0.15, 0.2) is 60.8 Å². The highest BCUT2D eigenvalue weighted by Gasteiger charge is 2.08. The second-order valence-electron chi connectivity index (χ2n) is 5.63. The number of H-pyrrole nitrogens is 1. The smallest absolute Gasteiger partial charge is 0.119 e. The van der Waals surface area contributed by atoms with Crippen molar-refractivity contribution in [2.75, 3.05) is 7.11 Å². The Morgan fingerprint density at radius 1 is 0.909 bits per heavy atom. The van der Waals surface area contributed by atoms with Gasteiger partial charge in [-0.05, 0) is 58.7 Å². The van der Waals surface area contributed by atoms with Crippen LogP contribution in [0.3, 0.4) is 0 Å². The van der Waals surface area contributed by atoms with Crippen molar-refractivity contribution in [2.24, 2.45) is 0 Å². The summed E-state index contributed by atoms with van der Waals surface area (Å²) in [6, 6.07) is 19.2. The molecular weight excluding hydrogens is 270 g/mol. The molecule has 2 heteroatoms. The molecule has 0 fully saturated rings. The molecule has 0 atom stereocenters. The van der Waals surface area contributed by atoms with E-state index in [-0.39, 0.29) is 0 Å². The molecule has 2 nitrogen and oxygen atoms in total. The molecule has 0 aliphatic carbocycles. The van der Waals surface area contributed by atoms with Crippen molar-refractivity contribution in [3.05, 3.63) is 66.4 Å². The number of aryl methyl sites for hydroxylation is 1. The summed E-state index contributed by atoms with van der Waals surface area (Å²) in [6.45, 7) is 2.15. The monoisotopic (exact) mass is 287 g/mol. The Morgan fingerprint density at radius 2 is 1.73 bits per heavy atom. The Kier molecular flexibility index (Phi) is 2.90. The van der Waals surface area contributed by atoms with Gasteiger partial charge in [0.1, 0.15) is 5.75 Å². The minimum absolute atomic E-state index is 0.892. The first-order chi connectivity index (χ1) is 10.8. The Labute approximate surface area is 129 Å². The Morgan fingerprint density at radius 3 is 2.59 bits per heavy atom. The van der Waals surface area contributed by atoms with Gasteiger partial charge in [-0.3, -0.25) is 0 Å². The maximum Gasteiger partial charge on any atom is 0.119 e. The van der Waals surface area contributed by atoms with Crippen LogP contribution in [-0.4, -0.2) is 12.1 Å². The molecule has 0 bridgehead atoms. The topological polar surface area (TPSA) is 25.0 Å². The predicted molar refractivity (Wildman–Crippen MR) is 92.5 cm³/mol. The van der Waals surface area contributed by atoms with E-state index in [1.807, 2.05) is 6.07 Å². The summed E-state index contributed by atoms with van der Waals surface area (Å²) >= 11 is 0. The molecule has 1 heterocycles. The molecule has 1 aromatic heterocycles. The van der Waals surface area contributed by atoms with Crippen molar-refractivity contribution in [3.8, 4) is 16.9 Å². The number of fused-ring (bicyclic) bond motifs is 2. The van der Waals surface area contributed by atoms with Crippen molar-refractivity contribution in [1.29, 1.82) is 0 Å². The van der Waals surface area contributed by atoms with Gasteiger partial charge in [0.15, 0.2) is 0 Å². The summed E-state index contributed by atoms with van der Waals surface area (Å²) < 4.78 is 5.30. The highest BCUT2D eigenvalue weighted by Crippen LogP contribution is 2.33. The van der Waals surface area contributed by atoms with Gasteiger partial charge in [0.05, 0.1) is 7.11 Å². The summed E-state index contributed by atoms with van der Waals surface area (Å²) in [7, 11) is 1.70. The van der Waals surface area contributed by atoms with Gasteiger partial charge >= 0.3 is 0 Å². The van der Waals surface area contributed by atoms with Crippen molar-refractivity contribution >= 4 is 21.7 Å². The second-order valence-corrected chi connectivity index (χ2v) is 5.63. The molecular formula is C20H17NO. The molecule has 3 aromatic carbocycles. The number of aromatic amines is 1. The molecule has 4 rings (SSSR count). The molecule has 0 saturated carbocycles. The molecule has 0 saturated heterocycles. The molecule has 0 amide bonds. The van der Waals surface area contributed by atoms with Crippen LogP contribution in [0.1, 0.15) is 5.56 Å². The van der Waals surface area contributed by atoms with Crippen molar-refractivity contribution in [3.63, 3.8) is 0 Å². The molecule has 0 spiro atoms.